The minimum atomic E-state index is -0.360. The Morgan fingerprint density at radius 2 is 1.90 bits per heavy atom. The molecule has 1 aromatic carbocycles. The lowest BCUT2D eigenvalue weighted by Gasteiger charge is -2.13. The van der Waals surface area contributed by atoms with E-state index < -0.39 is 0 Å². The van der Waals surface area contributed by atoms with Crippen molar-refractivity contribution in [1.82, 2.24) is 14.7 Å². The highest BCUT2D eigenvalue weighted by Gasteiger charge is 2.36. The molecule has 2 heterocycles. The number of nitrogens with zero attached hydrogens (tertiary/aromatic N) is 3. The maximum Gasteiger partial charge on any atom is 0.261 e. The Balaban J connectivity index is 1.99. The average molecular weight is 305 g/mol. The first-order valence-corrected chi connectivity index (χ1v) is 6.71. The topological polar surface area (TPSA) is 81.2 Å². The van der Waals surface area contributed by atoms with Crippen LogP contribution in [0.4, 0.5) is 5.69 Å². The van der Waals surface area contributed by atoms with Gasteiger partial charge >= 0.3 is 0 Å². The van der Waals surface area contributed by atoms with E-state index in [1.807, 2.05) is 0 Å². The molecule has 0 aliphatic carbocycles. The number of carbonyl (C=O) groups is 2. The molecule has 0 bridgehead atoms. The molecule has 2 amide bonds. The molecule has 2 aromatic rings. The first kappa shape index (κ1) is 13.6. The minimum absolute atomic E-state index is 0.102. The Morgan fingerprint density at radius 1 is 1.24 bits per heavy atom. The van der Waals surface area contributed by atoms with Crippen LogP contribution in [0.1, 0.15) is 32.0 Å². The van der Waals surface area contributed by atoms with E-state index in [9.17, 15) is 9.59 Å². The fourth-order valence-corrected chi connectivity index (χ4v) is 2.70. The van der Waals surface area contributed by atoms with Gasteiger partial charge in [0.2, 0.25) is 0 Å². The van der Waals surface area contributed by atoms with Gasteiger partial charge in [-0.2, -0.15) is 5.10 Å². The molecule has 21 heavy (non-hydrogen) atoms. The Bertz CT molecular complexity index is 782. The van der Waals surface area contributed by atoms with Gasteiger partial charge in [-0.05, 0) is 25.1 Å². The molecule has 0 fully saturated rings. The molecule has 3 rings (SSSR count). The molecule has 1 aromatic heterocycles. The molecule has 1 aliphatic heterocycles. The van der Waals surface area contributed by atoms with Gasteiger partial charge < -0.3 is 5.73 Å². The van der Waals surface area contributed by atoms with E-state index >= 15 is 0 Å². The number of rotatable bonds is 2. The second-order valence-electron chi connectivity index (χ2n) is 4.98. The smallest absolute Gasteiger partial charge is 0.261 e. The van der Waals surface area contributed by atoms with E-state index in [0.29, 0.717) is 33.2 Å². The molecule has 0 atom stereocenters. The number of imide groups is 1. The molecule has 0 saturated heterocycles. The first-order chi connectivity index (χ1) is 9.90. The Labute approximate surface area is 126 Å². The number of fused-ring (bicyclic) bond motifs is 1. The van der Waals surface area contributed by atoms with Crippen LogP contribution in [-0.2, 0) is 13.6 Å². The van der Waals surface area contributed by atoms with Crippen LogP contribution < -0.4 is 5.73 Å². The maximum atomic E-state index is 12.4. The van der Waals surface area contributed by atoms with Crippen LogP contribution in [0.25, 0.3) is 0 Å². The zero-order valence-corrected chi connectivity index (χ0v) is 12.3. The van der Waals surface area contributed by atoms with E-state index in [0.717, 1.165) is 0 Å². The zero-order chi connectivity index (χ0) is 15.3. The summed E-state index contributed by atoms with van der Waals surface area (Å²) in [7, 11) is 1.71. The van der Waals surface area contributed by atoms with E-state index in [1.165, 1.54) is 15.6 Å². The van der Waals surface area contributed by atoms with Gasteiger partial charge in [-0.3, -0.25) is 19.2 Å². The third kappa shape index (κ3) is 1.99. The van der Waals surface area contributed by atoms with Crippen molar-refractivity contribution >= 4 is 29.1 Å². The fourth-order valence-electron chi connectivity index (χ4n) is 2.46. The van der Waals surface area contributed by atoms with Crippen LogP contribution in [0, 0.1) is 6.92 Å². The molecule has 0 spiro atoms. The first-order valence-electron chi connectivity index (χ1n) is 6.34. The van der Waals surface area contributed by atoms with Crippen LogP contribution in [0.5, 0.6) is 0 Å². The predicted octanol–water partition coefficient (Wildman–Crippen LogP) is 1.76. The van der Waals surface area contributed by atoms with Gasteiger partial charge in [0.15, 0.2) is 0 Å². The van der Waals surface area contributed by atoms with Gasteiger partial charge in [0.1, 0.15) is 5.15 Å². The summed E-state index contributed by atoms with van der Waals surface area (Å²) in [5.41, 5.74) is 8.18. The SMILES string of the molecule is Cc1nn(C)c(Cl)c1CN1C(=O)c2ccc(N)cc2C1=O. The number of amides is 2. The standard InChI is InChI=1S/C14H13ClN4O2/c1-7-11(12(15)18(2)17-7)6-19-13(20)9-4-3-8(16)5-10(9)14(19)21/h3-5H,6,16H2,1-2H3. The summed E-state index contributed by atoms with van der Waals surface area (Å²) < 4.78 is 1.52. The second-order valence-corrected chi connectivity index (χ2v) is 5.34. The van der Waals surface area contributed by atoms with Crippen molar-refractivity contribution in [2.75, 3.05) is 5.73 Å². The molecule has 2 N–H and O–H groups in total. The number of halogens is 1. The van der Waals surface area contributed by atoms with Crippen LogP contribution in [0.3, 0.4) is 0 Å². The molecule has 0 saturated carbocycles. The number of aryl methyl sites for hydroxylation is 2. The average Bonchev–Trinajstić information content (AvgIpc) is 2.81. The predicted molar refractivity (Wildman–Crippen MR) is 78.0 cm³/mol. The molecule has 1 aliphatic rings. The van der Waals surface area contributed by atoms with E-state index in [-0.39, 0.29) is 18.4 Å². The van der Waals surface area contributed by atoms with Crippen LogP contribution in [-0.4, -0.2) is 26.5 Å². The molecule has 6 nitrogen and oxygen atoms in total. The fraction of sp³-hybridized carbons (Fsp3) is 0.214. The number of aromatic nitrogens is 2. The van der Waals surface area contributed by atoms with Crippen molar-refractivity contribution in [2.45, 2.75) is 13.5 Å². The zero-order valence-electron chi connectivity index (χ0n) is 11.6. The lowest BCUT2D eigenvalue weighted by atomic mass is 10.1. The summed E-state index contributed by atoms with van der Waals surface area (Å²) >= 11 is 6.16. The summed E-state index contributed by atoms with van der Waals surface area (Å²) in [5.74, 6) is -0.698. The highest BCUT2D eigenvalue weighted by atomic mass is 35.5. The normalized spacial score (nSPS) is 14.0. The van der Waals surface area contributed by atoms with Crippen molar-refractivity contribution in [3.8, 4) is 0 Å². The number of hydrogen-bond acceptors (Lipinski definition) is 4. The van der Waals surface area contributed by atoms with Gasteiger partial charge in [0, 0.05) is 18.3 Å². The Morgan fingerprint density at radius 3 is 2.52 bits per heavy atom. The molecule has 7 heteroatoms. The van der Waals surface area contributed by atoms with Crippen molar-refractivity contribution in [2.24, 2.45) is 7.05 Å². The maximum absolute atomic E-state index is 12.4. The highest BCUT2D eigenvalue weighted by molar-refractivity contribution is 6.30. The van der Waals surface area contributed by atoms with Crippen LogP contribution >= 0.6 is 11.6 Å². The van der Waals surface area contributed by atoms with Crippen molar-refractivity contribution in [3.63, 3.8) is 0 Å². The number of nitrogen functional groups attached to an aromatic ring is 1. The lowest BCUT2D eigenvalue weighted by molar-refractivity contribution is 0.0642. The van der Waals surface area contributed by atoms with E-state index in [2.05, 4.69) is 5.10 Å². The van der Waals surface area contributed by atoms with Crippen molar-refractivity contribution in [3.05, 3.63) is 45.7 Å². The van der Waals surface area contributed by atoms with Gasteiger partial charge in [-0.15, -0.1) is 0 Å². The van der Waals surface area contributed by atoms with Crippen LogP contribution in [0.15, 0.2) is 18.2 Å². The molecule has 0 unspecified atom stereocenters. The molecular formula is C14H13ClN4O2. The summed E-state index contributed by atoms with van der Waals surface area (Å²) in [6.07, 6.45) is 0. The lowest BCUT2D eigenvalue weighted by Crippen LogP contribution is -2.29. The van der Waals surface area contributed by atoms with E-state index in [1.54, 1.807) is 26.1 Å². The molecular weight excluding hydrogens is 292 g/mol. The Kier molecular flexibility index (Phi) is 2.98. The molecule has 0 radical (unpaired) electrons. The molecule has 108 valence electrons. The van der Waals surface area contributed by atoms with Gasteiger partial charge in [0.05, 0.1) is 23.4 Å². The largest absolute Gasteiger partial charge is 0.399 e. The van der Waals surface area contributed by atoms with Gasteiger partial charge in [0.25, 0.3) is 11.8 Å². The third-order valence-electron chi connectivity index (χ3n) is 3.58. The van der Waals surface area contributed by atoms with Gasteiger partial charge in [-0.1, -0.05) is 11.6 Å². The minimum Gasteiger partial charge on any atom is -0.399 e. The summed E-state index contributed by atoms with van der Waals surface area (Å²) in [6.45, 7) is 1.89. The summed E-state index contributed by atoms with van der Waals surface area (Å²) in [6, 6.07) is 4.70. The summed E-state index contributed by atoms with van der Waals surface area (Å²) in [4.78, 5) is 25.9. The Hall–Kier alpha value is -2.34. The third-order valence-corrected chi connectivity index (χ3v) is 4.05. The number of nitrogens with two attached hydrogens (primary N) is 1. The van der Waals surface area contributed by atoms with E-state index in [4.69, 9.17) is 17.3 Å². The highest BCUT2D eigenvalue weighted by Crippen LogP contribution is 2.28. The summed E-state index contributed by atoms with van der Waals surface area (Å²) in [5, 5.41) is 4.60. The number of benzene rings is 1. The second kappa shape index (κ2) is 4.60. The van der Waals surface area contributed by atoms with Crippen molar-refractivity contribution in [1.29, 1.82) is 0 Å². The van der Waals surface area contributed by atoms with Crippen LogP contribution in [0.2, 0.25) is 5.15 Å². The van der Waals surface area contributed by atoms with Crippen molar-refractivity contribution < 1.29 is 9.59 Å². The monoisotopic (exact) mass is 304 g/mol. The number of carbonyl (C=O) groups excluding carboxylic acids is 2. The number of anilines is 1. The van der Waals surface area contributed by atoms with Gasteiger partial charge in [-0.25, -0.2) is 0 Å². The quantitative estimate of drug-likeness (QED) is 0.677. The number of hydrogen-bond donors (Lipinski definition) is 1.